The molecule has 8 nitrogen and oxygen atoms in total. The molecular weight excluding hydrogens is 438 g/mol. The highest BCUT2D eigenvalue weighted by molar-refractivity contribution is 6.14. The number of rotatable bonds is 9. The van der Waals surface area contributed by atoms with Crippen molar-refractivity contribution in [3.05, 3.63) is 59.2 Å². The van der Waals surface area contributed by atoms with Crippen LogP contribution in [-0.2, 0) is 14.3 Å². The number of nitrogens with zero attached hydrogens (tertiary/aromatic N) is 1. The molecule has 0 spiro atoms. The Labute approximate surface area is 199 Å². The van der Waals surface area contributed by atoms with Gasteiger partial charge in [-0.05, 0) is 52.0 Å². The van der Waals surface area contributed by atoms with Gasteiger partial charge in [-0.3, -0.25) is 9.59 Å². The van der Waals surface area contributed by atoms with Crippen molar-refractivity contribution in [3.8, 4) is 11.5 Å². The van der Waals surface area contributed by atoms with Crippen LogP contribution in [0.1, 0.15) is 54.0 Å². The van der Waals surface area contributed by atoms with Crippen molar-refractivity contribution in [2.45, 2.75) is 39.9 Å². The molecule has 0 aromatic heterocycles. The molecule has 8 heteroatoms. The maximum atomic E-state index is 13.3. The van der Waals surface area contributed by atoms with E-state index < -0.39 is 12.6 Å². The van der Waals surface area contributed by atoms with Crippen molar-refractivity contribution < 1.29 is 33.3 Å². The summed E-state index contributed by atoms with van der Waals surface area (Å²) < 4.78 is 22.1. The molecule has 2 atom stereocenters. The minimum absolute atomic E-state index is 0.0857. The van der Waals surface area contributed by atoms with Crippen molar-refractivity contribution in [3.63, 3.8) is 0 Å². The Morgan fingerprint density at radius 1 is 0.912 bits per heavy atom. The Bertz CT molecular complexity index is 1030. The van der Waals surface area contributed by atoms with E-state index in [1.807, 2.05) is 27.7 Å². The Kier molecular flexibility index (Phi) is 8.65. The van der Waals surface area contributed by atoms with Crippen molar-refractivity contribution in [1.82, 2.24) is 4.90 Å². The Morgan fingerprint density at radius 2 is 1.53 bits per heavy atom. The van der Waals surface area contributed by atoms with E-state index in [0.29, 0.717) is 43.4 Å². The summed E-state index contributed by atoms with van der Waals surface area (Å²) in [6, 6.07) is 11.3. The van der Waals surface area contributed by atoms with Gasteiger partial charge in [0.2, 0.25) is 0 Å². The number of hydrogen-bond acceptors (Lipinski definition) is 7. The molecule has 1 amide bonds. The number of ether oxygens (including phenoxy) is 4. The van der Waals surface area contributed by atoms with Crippen molar-refractivity contribution >= 4 is 17.7 Å². The molecule has 0 bridgehead atoms. The van der Waals surface area contributed by atoms with Crippen LogP contribution in [-0.4, -0.2) is 67.7 Å². The lowest BCUT2D eigenvalue weighted by Crippen LogP contribution is -2.49. The van der Waals surface area contributed by atoms with Gasteiger partial charge in [-0.25, -0.2) is 4.79 Å². The zero-order valence-electron chi connectivity index (χ0n) is 20.0. The molecule has 2 aromatic carbocycles. The van der Waals surface area contributed by atoms with Crippen molar-refractivity contribution in [1.29, 1.82) is 0 Å². The first kappa shape index (κ1) is 25.2. The first-order chi connectivity index (χ1) is 16.3. The van der Waals surface area contributed by atoms with Gasteiger partial charge in [-0.2, -0.15) is 0 Å². The molecule has 1 fully saturated rings. The number of hydrogen-bond donors (Lipinski definition) is 0. The molecule has 182 valence electrons. The molecular formula is C26H31NO7. The Balaban J connectivity index is 1.75. The molecule has 1 saturated heterocycles. The van der Waals surface area contributed by atoms with E-state index >= 15 is 0 Å². The fourth-order valence-corrected chi connectivity index (χ4v) is 3.88. The molecule has 1 aliphatic heterocycles. The van der Waals surface area contributed by atoms with E-state index in [4.69, 9.17) is 18.9 Å². The number of amides is 1. The molecule has 2 aromatic rings. The maximum absolute atomic E-state index is 13.3. The summed E-state index contributed by atoms with van der Waals surface area (Å²) in [4.78, 5) is 40.2. The maximum Gasteiger partial charge on any atom is 0.339 e. The van der Waals surface area contributed by atoms with Gasteiger partial charge in [-0.15, -0.1) is 0 Å². The van der Waals surface area contributed by atoms with Crippen LogP contribution < -0.4 is 9.47 Å². The molecule has 0 radical (unpaired) electrons. The van der Waals surface area contributed by atoms with Gasteiger partial charge in [-0.1, -0.05) is 18.2 Å². The predicted octanol–water partition coefficient (Wildman–Crippen LogP) is 3.51. The van der Waals surface area contributed by atoms with Crippen LogP contribution in [0.15, 0.2) is 42.5 Å². The van der Waals surface area contributed by atoms with Crippen LogP contribution in [0.4, 0.5) is 0 Å². The highest BCUT2D eigenvalue weighted by Crippen LogP contribution is 2.30. The molecule has 1 heterocycles. The van der Waals surface area contributed by atoms with Gasteiger partial charge in [0.05, 0.1) is 31.0 Å². The molecule has 1 aliphatic rings. The Morgan fingerprint density at radius 3 is 2.18 bits per heavy atom. The summed E-state index contributed by atoms with van der Waals surface area (Å²) >= 11 is 0. The van der Waals surface area contributed by atoms with Crippen molar-refractivity contribution in [2.24, 2.45) is 0 Å². The fraction of sp³-hybridized carbons (Fsp3) is 0.423. The molecule has 0 aliphatic carbocycles. The highest BCUT2D eigenvalue weighted by Gasteiger charge is 2.27. The number of esters is 1. The highest BCUT2D eigenvalue weighted by atomic mass is 16.5. The van der Waals surface area contributed by atoms with Gasteiger partial charge < -0.3 is 23.8 Å². The largest absolute Gasteiger partial charge is 0.490 e. The third-order valence-electron chi connectivity index (χ3n) is 5.30. The van der Waals surface area contributed by atoms with Crippen LogP contribution in [0.25, 0.3) is 0 Å². The average Bonchev–Trinajstić information content (AvgIpc) is 2.82. The number of carbonyl (C=O) groups excluding carboxylic acids is 3. The number of carbonyl (C=O) groups is 3. The van der Waals surface area contributed by atoms with E-state index in [-0.39, 0.29) is 35.0 Å². The predicted molar refractivity (Wildman–Crippen MR) is 126 cm³/mol. The monoisotopic (exact) mass is 469 g/mol. The van der Waals surface area contributed by atoms with Crippen LogP contribution >= 0.6 is 0 Å². The topological polar surface area (TPSA) is 91.4 Å². The first-order valence-electron chi connectivity index (χ1n) is 11.5. The summed E-state index contributed by atoms with van der Waals surface area (Å²) in [5, 5.41) is 0. The third kappa shape index (κ3) is 6.14. The standard InChI is InChI=1S/C26H31NO7/c1-5-31-22-12-11-19(13-23(22)32-6-2)25(29)20-9-7-8-10-21(20)26(30)33-16-24(28)27-14-17(3)34-18(4)15-27/h7-13,17-18H,5-6,14-16H2,1-4H3. The summed E-state index contributed by atoms with van der Waals surface area (Å²) in [7, 11) is 0. The van der Waals surface area contributed by atoms with Gasteiger partial charge in [0.25, 0.3) is 5.91 Å². The smallest absolute Gasteiger partial charge is 0.339 e. The second-order valence-electron chi connectivity index (χ2n) is 8.03. The summed E-state index contributed by atoms with van der Waals surface area (Å²) in [5.41, 5.74) is 0.621. The molecule has 0 saturated carbocycles. The van der Waals surface area contributed by atoms with Crippen LogP contribution in [0.5, 0.6) is 11.5 Å². The summed E-state index contributed by atoms with van der Waals surface area (Å²) in [6.45, 7) is 8.84. The van der Waals surface area contributed by atoms with Crippen LogP contribution in [0, 0.1) is 0 Å². The number of ketones is 1. The normalized spacial score (nSPS) is 17.7. The van der Waals surface area contributed by atoms with Gasteiger partial charge >= 0.3 is 5.97 Å². The van der Waals surface area contributed by atoms with E-state index in [1.54, 1.807) is 41.3 Å². The van der Waals surface area contributed by atoms with Gasteiger partial charge in [0.1, 0.15) is 0 Å². The number of morpholine rings is 1. The Hall–Kier alpha value is -3.39. The van der Waals surface area contributed by atoms with Gasteiger partial charge in [0.15, 0.2) is 23.9 Å². The zero-order chi connectivity index (χ0) is 24.7. The van der Waals surface area contributed by atoms with E-state index in [0.717, 1.165) is 0 Å². The second kappa shape index (κ2) is 11.7. The molecule has 3 rings (SSSR count). The van der Waals surface area contributed by atoms with E-state index in [1.165, 1.54) is 6.07 Å². The van der Waals surface area contributed by atoms with E-state index in [2.05, 4.69) is 0 Å². The molecule has 2 unspecified atom stereocenters. The lowest BCUT2D eigenvalue weighted by atomic mass is 9.98. The molecule has 34 heavy (non-hydrogen) atoms. The second-order valence-corrected chi connectivity index (χ2v) is 8.03. The van der Waals surface area contributed by atoms with Gasteiger partial charge in [0, 0.05) is 24.2 Å². The summed E-state index contributed by atoms with van der Waals surface area (Å²) in [5.74, 6) is -0.401. The SMILES string of the molecule is CCOc1ccc(C(=O)c2ccccc2C(=O)OCC(=O)N2CC(C)OC(C)C2)cc1OCC. The minimum Gasteiger partial charge on any atom is -0.490 e. The minimum atomic E-state index is -0.734. The third-order valence-corrected chi connectivity index (χ3v) is 5.30. The van der Waals surface area contributed by atoms with Crippen LogP contribution in [0.3, 0.4) is 0 Å². The lowest BCUT2D eigenvalue weighted by molar-refractivity contribution is -0.146. The number of benzene rings is 2. The van der Waals surface area contributed by atoms with Crippen LogP contribution in [0.2, 0.25) is 0 Å². The molecule has 0 N–H and O–H groups in total. The van der Waals surface area contributed by atoms with Crippen molar-refractivity contribution in [2.75, 3.05) is 32.9 Å². The fourth-order valence-electron chi connectivity index (χ4n) is 3.88. The first-order valence-corrected chi connectivity index (χ1v) is 11.5. The zero-order valence-corrected chi connectivity index (χ0v) is 20.0. The average molecular weight is 470 g/mol. The van der Waals surface area contributed by atoms with E-state index in [9.17, 15) is 14.4 Å². The summed E-state index contributed by atoms with van der Waals surface area (Å²) in [6.07, 6.45) is -0.171. The quantitative estimate of drug-likeness (QED) is 0.410. The lowest BCUT2D eigenvalue weighted by Gasteiger charge is -2.35.